The Morgan fingerprint density at radius 3 is 2.36 bits per heavy atom. The van der Waals surface area contributed by atoms with E-state index < -0.39 is 0 Å². The molecule has 136 valence electrons. The van der Waals surface area contributed by atoms with Crippen molar-refractivity contribution in [3.05, 3.63) is 28.2 Å². The van der Waals surface area contributed by atoms with Gasteiger partial charge in [0.15, 0.2) is 0 Å². The fraction of sp³-hybridized carbons (Fsp3) is 0.667. The van der Waals surface area contributed by atoms with Crippen molar-refractivity contribution in [3.63, 3.8) is 0 Å². The number of rotatable bonds is 4. The first-order chi connectivity index (χ1) is 12.0. The molecule has 2 heterocycles. The molecular weight excluding hydrogens is 320 g/mol. The molecule has 2 amide bonds. The van der Waals surface area contributed by atoms with Crippen molar-refractivity contribution in [2.75, 3.05) is 26.2 Å². The van der Waals surface area contributed by atoms with E-state index in [1.54, 1.807) is 4.90 Å². The topological polar surface area (TPSA) is 75.5 Å². The normalized spacial score (nSPS) is 18.6. The summed E-state index contributed by atoms with van der Waals surface area (Å²) in [5.74, 6) is 0.746. The standard InChI is InChI=1S/C18H26N4O3/c1-20-16(23)9-7-15(19-20)18(25)22-12-10-21(11-13-22)17(24)8-6-14-4-2-3-5-14/h7,9,14H,2-6,8,10-13H2,1H3. The average Bonchev–Trinajstić information content (AvgIpc) is 3.15. The number of hydrogen-bond donors (Lipinski definition) is 0. The van der Waals surface area contributed by atoms with Gasteiger partial charge in [-0.3, -0.25) is 14.4 Å². The molecule has 2 aliphatic rings. The van der Waals surface area contributed by atoms with E-state index in [1.807, 2.05) is 4.90 Å². The van der Waals surface area contributed by atoms with Gasteiger partial charge in [-0.1, -0.05) is 25.7 Å². The highest BCUT2D eigenvalue weighted by atomic mass is 16.2. The number of amides is 2. The number of nitrogens with zero attached hydrogens (tertiary/aromatic N) is 4. The zero-order valence-corrected chi connectivity index (χ0v) is 14.8. The van der Waals surface area contributed by atoms with Crippen molar-refractivity contribution in [2.45, 2.75) is 38.5 Å². The van der Waals surface area contributed by atoms with Gasteiger partial charge in [0.25, 0.3) is 11.5 Å². The minimum absolute atomic E-state index is 0.186. The third-order valence-corrected chi connectivity index (χ3v) is 5.34. The lowest BCUT2D eigenvalue weighted by Gasteiger charge is -2.34. The minimum atomic E-state index is -0.241. The molecule has 0 radical (unpaired) electrons. The van der Waals surface area contributed by atoms with Gasteiger partial charge in [-0.25, -0.2) is 4.68 Å². The molecule has 1 aliphatic heterocycles. The lowest BCUT2D eigenvalue weighted by atomic mass is 10.0. The zero-order chi connectivity index (χ0) is 17.8. The summed E-state index contributed by atoms with van der Waals surface area (Å²) in [4.78, 5) is 39.8. The molecule has 2 fully saturated rings. The molecule has 1 saturated heterocycles. The number of carbonyl (C=O) groups is 2. The van der Waals surface area contributed by atoms with Crippen LogP contribution in [0.3, 0.4) is 0 Å². The maximum Gasteiger partial charge on any atom is 0.274 e. The molecule has 1 saturated carbocycles. The van der Waals surface area contributed by atoms with Gasteiger partial charge < -0.3 is 9.80 Å². The summed E-state index contributed by atoms with van der Waals surface area (Å²) in [6.45, 7) is 2.17. The van der Waals surface area contributed by atoms with Crippen molar-refractivity contribution in [1.29, 1.82) is 0 Å². The van der Waals surface area contributed by atoms with E-state index in [0.29, 0.717) is 32.6 Å². The zero-order valence-electron chi connectivity index (χ0n) is 14.8. The van der Waals surface area contributed by atoms with Gasteiger partial charge in [-0.05, 0) is 18.4 Å². The van der Waals surface area contributed by atoms with Crippen LogP contribution in [0.5, 0.6) is 0 Å². The van der Waals surface area contributed by atoms with Crippen LogP contribution in [0.1, 0.15) is 49.0 Å². The number of aryl methyl sites for hydroxylation is 1. The molecule has 0 aromatic carbocycles. The lowest BCUT2D eigenvalue weighted by molar-refractivity contribution is -0.133. The summed E-state index contributed by atoms with van der Waals surface area (Å²) in [7, 11) is 1.53. The molecule has 1 aromatic heterocycles. The fourth-order valence-corrected chi connectivity index (χ4v) is 3.72. The summed E-state index contributed by atoms with van der Waals surface area (Å²) < 4.78 is 1.16. The minimum Gasteiger partial charge on any atom is -0.339 e. The third kappa shape index (κ3) is 4.27. The number of carbonyl (C=O) groups excluding carboxylic acids is 2. The van der Waals surface area contributed by atoms with Crippen LogP contribution in [-0.4, -0.2) is 57.6 Å². The number of aromatic nitrogens is 2. The van der Waals surface area contributed by atoms with Gasteiger partial charge in [-0.15, -0.1) is 0 Å². The number of piperazine rings is 1. The quantitative estimate of drug-likeness (QED) is 0.816. The molecule has 7 nitrogen and oxygen atoms in total. The van der Waals surface area contributed by atoms with Gasteiger partial charge in [0.1, 0.15) is 5.69 Å². The average molecular weight is 346 g/mol. The molecule has 0 spiro atoms. The Balaban J connectivity index is 1.48. The molecular formula is C18H26N4O3. The molecule has 7 heteroatoms. The van der Waals surface area contributed by atoms with Crippen LogP contribution in [0.4, 0.5) is 0 Å². The van der Waals surface area contributed by atoms with Crippen LogP contribution in [0.15, 0.2) is 16.9 Å². The first kappa shape index (κ1) is 17.6. The number of hydrogen-bond acceptors (Lipinski definition) is 4. The lowest BCUT2D eigenvalue weighted by Crippen LogP contribution is -2.50. The van der Waals surface area contributed by atoms with E-state index in [4.69, 9.17) is 0 Å². The van der Waals surface area contributed by atoms with Crippen molar-refractivity contribution in [2.24, 2.45) is 13.0 Å². The maximum absolute atomic E-state index is 12.5. The molecule has 3 rings (SSSR count). The second-order valence-electron chi connectivity index (χ2n) is 7.04. The Morgan fingerprint density at radius 1 is 1.08 bits per heavy atom. The van der Waals surface area contributed by atoms with E-state index in [9.17, 15) is 14.4 Å². The smallest absolute Gasteiger partial charge is 0.274 e. The monoisotopic (exact) mass is 346 g/mol. The van der Waals surface area contributed by atoms with Gasteiger partial charge in [-0.2, -0.15) is 5.10 Å². The van der Waals surface area contributed by atoms with E-state index in [-0.39, 0.29) is 23.1 Å². The molecule has 25 heavy (non-hydrogen) atoms. The first-order valence-corrected chi connectivity index (χ1v) is 9.16. The molecule has 1 aliphatic carbocycles. The highest BCUT2D eigenvalue weighted by Gasteiger charge is 2.26. The SMILES string of the molecule is Cn1nc(C(=O)N2CCN(C(=O)CCC3CCCC3)CC2)ccc1=O. The van der Waals surface area contributed by atoms with Crippen LogP contribution in [0.25, 0.3) is 0 Å². The second kappa shape index (κ2) is 7.80. The summed E-state index contributed by atoms with van der Waals surface area (Å²) in [6, 6.07) is 2.81. The Morgan fingerprint density at radius 2 is 1.72 bits per heavy atom. The van der Waals surface area contributed by atoms with Crippen molar-refractivity contribution in [1.82, 2.24) is 19.6 Å². The van der Waals surface area contributed by atoms with Crippen molar-refractivity contribution in [3.8, 4) is 0 Å². The van der Waals surface area contributed by atoms with E-state index in [0.717, 1.165) is 17.0 Å². The van der Waals surface area contributed by atoms with Crippen LogP contribution in [0.2, 0.25) is 0 Å². The van der Waals surface area contributed by atoms with Gasteiger partial charge >= 0.3 is 0 Å². The Kier molecular flexibility index (Phi) is 5.50. The summed E-state index contributed by atoms with van der Waals surface area (Å²) in [6.07, 6.45) is 6.77. The molecule has 1 aromatic rings. The molecule has 0 unspecified atom stereocenters. The second-order valence-corrected chi connectivity index (χ2v) is 7.04. The highest BCUT2D eigenvalue weighted by Crippen LogP contribution is 2.28. The molecule has 0 bridgehead atoms. The first-order valence-electron chi connectivity index (χ1n) is 9.16. The Bertz CT molecular complexity index is 686. The maximum atomic E-state index is 12.5. The Hall–Kier alpha value is -2.18. The van der Waals surface area contributed by atoms with Crippen LogP contribution in [-0.2, 0) is 11.8 Å². The van der Waals surface area contributed by atoms with Crippen LogP contribution >= 0.6 is 0 Å². The largest absolute Gasteiger partial charge is 0.339 e. The van der Waals surface area contributed by atoms with Crippen LogP contribution < -0.4 is 5.56 Å². The Labute approximate surface area is 147 Å². The highest BCUT2D eigenvalue weighted by molar-refractivity contribution is 5.92. The summed E-state index contributed by atoms with van der Waals surface area (Å²) in [5, 5.41) is 4.01. The van der Waals surface area contributed by atoms with Gasteiger partial charge in [0.05, 0.1) is 0 Å². The predicted octanol–water partition coefficient (Wildman–Crippen LogP) is 1.04. The molecule has 0 N–H and O–H groups in total. The van der Waals surface area contributed by atoms with E-state index in [1.165, 1.54) is 44.9 Å². The predicted molar refractivity (Wildman–Crippen MR) is 93.2 cm³/mol. The fourth-order valence-electron chi connectivity index (χ4n) is 3.72. The van der Waals surface area contributed by atoms with Gasteiger partial charge in [0.2, 0.25) is 5.91 Å². The van der Waals surface area contributed by atoms with Crippen LogP contribution in [0, 0.1) is 5.92 Å². The van der Waals surface area contributed by atoms with E-state index in [2.05, 4.69) is 5.10 Å². The summed E-state index contributed by atoms with van der Waals surface area (Å²) in [5.41, 5.74) is 0.0253. The van der Waals surface area contributed by atoms with E-state index >= 15 is 0 Å². The van der Waals surface area contributed by atoms with Crippen molar-refractivity contribution >= 4 is 11.8 Å². The molecule has 0 atom stereocenters. The summed E-state index contributed by atoms with van der Waals surface area (Å²) >= 11 is 0. The van der Waals surface area contributed by atoms with Gasteiger partial charge in [0, 0.05) is 45.7 Å². The van der Waals surface area contributed by atoms with Crippen molar-refractivity contribution < 1.29 is 9.59 Å². The third-order valence-electron chi connectivity index (χ3n) is 5.34.